The zero-order valence-electron chi connectivity index (χ0n) is 24.7. The summed E-state index contributed by atoms with van der Waals surface area (Å²) in [4.78, 5) is 30.0. The highest BCUT2D eigenvalue weighted by Gasteiger charge is 2.35. The number of likely N-dealkylation sites (N-methyl/N-ethyl adjacent to an activating group) is 1. The smallest absolute Gasteiger partial charge is 0.317 e. The number of methoxy groups -OCH3 is 1. The van der Waals surface area contributed by atoms with Crippen molar-refractivity contribution in [3.63, 3.8) is 0 Å². The van der Waals surface area contributed by atoms with Gasteiger partial charge in [-0.05, 0) is 56.2 Å². The van der Waals surface area contributed by atoms with Crippen LogP contribution in [0.1, 0.15) is 56.3 Å². The summed E-state index contributed by atoms with van der Waals surface area (Å²) in [7, 11) is -0.860. The van der Waals surface area contributed by atoms with Crippen LogP contribution in [0.25, 0.3) is 0 Å². The Kier molecular flexibility index (Phi) is 10.2. The number of sulfonamides is 1. The quantitative estimate of drug-likeness (QED) is 0.398. The number of carbonyl (C=O) groups is 2. The number of anilines is 1. The number of benzene rings is 2. The third kappa shape index (κ3) is 7.27. The normalized spacial score (nSPS) is 20.4. The lowest BCUT2D eigenvalue weighted by Gasteiger charge is -2.38. The molecule has 11 nitrogen and oxygen atoms in total. The summed E-state index contributed by atoms with van der Waals surface area (Å²) in [5.41, 5.74) is 0.262. The lowest BCUT2D eigenvalue weighted by molar-refractivity contribution is 0.0368. The van der Waals surface area contributed by atoms with Gasteiger partial charge in [0.25, 0.3) is 15.9 Å². The van der Waals surface area contributed by atoms with Crippen LogP contribution in [0.2, 0.25) is 0 Å². The van der Waals surface area contributed by atoms with Crippen molar-refractivity contribution in [1.82, 2.24) is 15.1 Å². The Hall–Kier alpha value is -3.51. The summed E-state index contributed by atoms with van der Waals surface area (Å²) in [5, 5.41) is 13.0. The fourth-order valence-corrected chi connectivity index (χ4v) is 6.45. The van der Waals surface area contributed by atoms with Crippen molar-refractivity contribution in [3.8, 4) is 11.5 Å². The molecule has 0 bridgehead atoms. The zero-order valence-corrected chi connectivity index (χ0v) is 25.5. The highest BCUT2D eigenvalue weighted by Crippen LogP contribution is 2.36. The fraction of sp³-hybridized carbons (Fsp3) is 0.533. The molecule has 1 aliphatic heterocycles. The Labute approximate surface area is 248 Å². The molecule has 4 rings (SSSR count). The summed E-state index contributed by atoms with van der Waals surface area (Å²) < 4.78 is 40.9. The Bertz CT molecular complexity index is 1350. The van der Waals surface area contributed by atoms with Crippen LogP contribution in [0.4, 0.5) is 10.5 Å². The second-order valence-electron chi connectivity index (χ2n) is 11.3. The van der Waals surface area contributed by atoms with Crippen molar-refractivity contribution in [1.29, 1.82) is 0 Å². The third-order valence-corrected chi connectivity index (χ3v) is 9.42. The van der Waals surface area contributed by atoms with Crippen molar-refractivity contribution in [2.75, 3.05) is 38.6 Å². The van der Waals surface area contributed by atoms with Gasteiger partial charge in [-0.15, -0.1) is 0 Å². The highest BCUT2D eigenvalue weighted by molar-refractivity contribution is 7.92. The van der Waals surface area contributed by atoms with E-state index in [-0.39, 0.29) is 65.5 Å². The molecule has 2 aliphatic rings. The average Bonchev–Trinajstić information content (AvgIpc) is 2.99. The molecule has 12 heteroatoms. The van der Waals surface area contributed by atoms with Gasteiger partial charge in [-0.25, -0.2) is 13.2 Å². The molecular formula is C30H42N4O7S. The predicted molar refractivity (Wildman–Crippen MR) is 159 cm³/mol. The van der Waals surface area contributed by atoms with E-state index in [1.807, 2.05) is 6.92 Å². The van der Waals surface area contributed by atoms with Crippen LogP contribution >= 0.6 is 0 Å². The van der Waals surface area contributed by atoms with E-state index in [0.29, 0.717) is 5.75 Å². The number of nitrogens with one attached hydrogen (secondary N) is 2. The molecule has 3 atom stereocenters. The molecule has 2 aromatic carbocycles. The number of aliphatic hydroxyl groups excluding tert-OH is 1. The number of ether oxygens (including phenoxy) is 2. The molecule has 0 unspecified atom stereocenters. The molecule has 0 aromatic heterocycles. The summed E-state index contributed by atoms with van der Waals surface area (Å²) >= 11 is 0. The van der Waals surface area contributed by atoms with Gasteiger partial charge < -0.3 is 29.7 Å². The number of nitrogens with zero attached hydrogens (tertiary/aromatic N) is 2. The lowest BCUT2D eigenvalue weighted by atomic mass is 9.96. The second-order valence-corrected chi connectivity index (χ2v) is 12.9. The molecule has 1 heterocycles. The maximum atomic E-state index is 13.7. The van der Waals surface area contributed by atoms with Crippen LogP contribution in [0.15, 0.2) is 47.4 Å². The molecule has 0 radical (unpaired) electrons. The van der Waals surface area contributed by atoms with Crippen LogP contribution in [0.3, 0.4) is 0 Å². The second kappa shape index (κ2) is 13.6. The third-order valence-electron chi connectivity index (χ3n) is 8.04. The number of hydrogen-bond donors (Lipinski definition) is 3. The number of hydrogen-bond acceptors (Lipinski definition) is 7. The number of urea groups is 1. The Morgan fingerprint density at radius 1 is 1.17 bits per heavy atom. The van der Waals surface area contributed by atoms with E-state index in [9.17, 15) is 23.1 Å². The van der Waals surface area contributed by atoms with Gasteiger partial charge in [-0.3, -0.25) is 9.52 Å². The summed E-state index contributed by atoms with van der Waals surface area (Å²) in [5.74, 6) is -0.0512. The maximum Gasteiger partial charge on any atom is 0.317 e. The Morgan fingerprint density at radius 3 is 2.50 bits per heavy atom. The number of rotatable bonds is 9. The molecule has 42 heavy (non-hydrogen) atoms. The molecule has 0 saturated heterocycles. The van der Waals surface area contributed by atoms with Gasteiger partial charge in [-0.1, -0.05) is 32.3 Å². The largest absolute Gasteiger partial charge is 0.497 e. The SMILES string of the molecule is COc1ccc(S(=O)(=O)Nc2cccc3c2O[C@H](CN(C)C(=O)NC2CCCCC2)[C@@H](C)CN([C@H](C)CO)C3=O)cc1. The number of para-hydroxylation sites is 1. The number of amides is 3. The number of fused-ring (bicyclic) bond motifs is 1. The summed E-state index contributed by atoms with van der Waals surface area (Å²) in [6.07, 6.45) is 4.70. The molecule has 1 saturated carbocycles. The van der Waals surface area contributed by atoms with Gasteiger partial charge in [0, 0.05) is 25.6 Å². The molecule has 2 aromatic rings. The van der Waals surface area contributed by atoms with Gasteiger partial charge in [0.05, 0.1) is 42.4 Å². The van der Waals surface area contributed by atoms with Gasteiger partial charge in [0.1, 0.15) is 11.9 Å². The first-order valence-corrected chi connectivity index (χ1v) is 15.9. The molecule has 0 spiro atoms. The van der Waals surface area contributed by atoms with E-state index in [4.69, 9.17) is 9.47 Å². The summed E-state index contributed by atoms with van der Waals surface area (Å²) in [6.45, 7) is 3.91. The molecule has 1 fully saturated rings. The van der Waals surface area contributed by atoms with E-state index in [1.54, 1.807) is 48.0 Å². The zero-order chi connectivity index (χ0) is 30.4. The monoisotopic (exact) mass is 602 g/mol. The average molecular weight is 603 g/mol. The van der Waals surface area contributed by atoms with Crippen LogP contribution in [0, 0.1) is 5.92 Å². The van der Waals surface area contributed by atoms with E-state index in [1.165, 1.54) is 31.7 Å². The van der Waals surface area contributed by atoms with E-state index < -0.39 is 22.2 Å². The molecule has 1 aliphatic carbocycles. The van der Waals surface area contributed by atoms with Crippen LogP contribution in [-0.2, 0) is 10.0 Å². The van der Waals surface area contributed by atoms with Gasteiger partial charge >= 0.3 is 6.03 Å². The highest BCUT2D eigenvalue weighted by atomic mass is 32.2. The molecule has 3 amide bonds. The minimum absolute atomic E-state index is 0.0117. The van der Waals surface area contributed by atoms with Gasteiger partial charge in [0.2, 0.25) is 0 Å². The lowest BCUT2D eigenvalue weighted by Crippen LogP contribution is -2.52. The molecule has 3 N–H and O–H groups in total. The minimum Gasteiger partial charge on any atom is -0.497 e. The van der Waals surface area contributed by atoms with Crippen molar-refractivity contribution >= 4 is 27.6 Å². The van der Waals surface area contributed by atoms with Crippen molar-refractivity contribution < 1.29 is 32.6 Å². The Morgan fingerprint density at radius 2 is 1.86 bits per heavy atom. The summed E-state index contributed by atoms with van der Waals surface area (Å²) in [6, 6.07) is 10.1. The first-order valence-electron chi connectivity index (χ1n) is 14.4. The predicted octanol–water partition coefficient (Wildman–Crippen LogP) is 3.69. The van der Waals surface area contributed by atoms with Crippen LogP contribution in [0.5, 0.6) is 11.5 Å². The topological polar surface area (TPSA) is 138 Å². The first-order chi connectivity index (χ1) is 20.0. The van der Waals surface area contributed by atoms with Crippen LogP contribution in [-0.4, -0.2) is 87.3 Å². The van der Waals surface area contributed by atoms with Crippen molar-refractivity contribution in [2.24, 2.45) is 5.92 Å². The standard InChI is InChI=1S/C30H42N4O7S/c1-20-17-34(21(2)19-35)29(36)25-11-8-12-26(32-42(38,39)24-15-13-23(40-4)14-16-24)28(25)41-27(20)18-33(3)30(37)31-22-9-6-5-7-10-22/h8,11-16,20-22,27,32,35H,5-7,9-10,17-19H2,1-4H3,(H,31,37)/t20-,21+,27+/m0/s1. The first kappa shape index (κ1) is 31.4. The number of aliphatic hydroxyl groups is 1. The number of carbonyl (C=O) groups excluding carboxylic acids is 2. The fourth-order valence-electron chi connectivity index (χ4n) is 5.38. The van der Waals surface area contributed by atoms with E-state index >= 15 is 0 Å². The van der Waals surface area contributed by atoms with E-state index in [2.05, 4.69) is 10.0 Å². The molecule has 230 valence electrons. The van der Waals surface area contributed by atoms with E-state index in [0.717, 1.165) is 25.7 Å². The minimum atomic E-state index is -4.05. The van der Waals surface area contributed by atoms with Crippen molar-refractivity contribution in [3.05, 3.63) is 48.0 Å². The van der Waals surface area contributed by atoms with Crippen LogP contribution < -0.4 is 19.5 Å². The molecular weight excluding hydrogens is 560 g/mol. The van der Waals surface area contributed by atoms with Gasteiger partial charge in [-0.2, -0.15) is 0 Å². The van der Waals surface area contributed by atoms with Crippen molar-refractivity contribution in [2.45, 2.75) is 69.0 Å². The van der Waals surface area contributed by atoms with Gasteiger partial charge in [0.15, 0.2) is 5.75 Å². The maximum absolute atomic E-state index is 13.7. The Balaban J connectivity index is 1.66.